The number of esters is 1. The molecule has 2 heterocycles. The summed E-state index contributed by atoms with van der Waals surface area (Å²) in [5.74, 6) is -0.514. The number of aromatic amines is 1. The average molecular weight is 638 g/mol. The number of amides is 2. The molecule has 246 valence electrons. The van der Waals surface area contributed by atoms with Crippen LogP contribution in [-0.2, 0) is 32.0 Å². The molecule has 1 aliphatic heterocycles. The van der Waals surface area contributed by atoms with E-state index in [9.17, 15) is 14.4 Å². The predicted octanol–water partition coefficient (Wildman–Crippen LogP) is 7.87. The molecule has 1 fully saturated rings. The van der Waals surface area contributed by atoms with Crippen LogP contribution in [0.2, 0.25) is 0 Å². The fraction of sp³-hybridized carbons (Fsp3) is 0.395. The Balaban J connectivity index is 1.41. The van der Waals surface area contributed by atoms with Crippen LogP contribution in [0.25, 0.3) is 10.9 Å². The van der Waals surface area contributed by atoms with Gasteiger partial charge in [0.25, 0.3) is 0 Å². The number of hydrogen-bond acceptors (Lipinski definition) is 6. The highest BCUT2D eigenvalue weighted by molar-refractivity contribution is 5.86. The highest BCUT2D eigenvalue weighted by Crippen LogP contribution is 2.38. The summed E-state index contributed by atoms with van der Waals surface area (Å²) in [6, 6.07) is 24.9. The van der Waals surface area contributed by atoms with E-state index >= 15 is 0 Å². The van der Waals surface area contributed by atoms with Gasteiger partial charge >= 0.3 is 18.2 Å². The van der Waals surface area contributed by atoms with E-state index < -0.39 is 35.8 Å². The first-order valence-corrected chi connectivity index (χ1v) is 16.5. The van der Waals surface area contributed by atoms with Gasteiger partial charge in [-0.15, -0.1) is 0 Å². The summed E-state index contributed by atoms with van der Waals surface area (Å²) >= 11 is 0. The van der Waals surface area contributed by atoms with Gasteiger partial charge in [0.15, 0.2) is 6.04 Å². The Morgan fingerprint density at radius 2 is 1.57 bits per heavy atom. The molecule has 6 rings (SSSR count). The van der Waals surface area contributed by atoms with Crippen molar-refractivity contribution in [3.05, 3.63) is 107 Å². The molecule has 1 aromatic heterocycles. The third kappa shape index (κ3) is 7.45. The Hall–Kier alpha value is -4.79. The van der Waals surface area contributed by atoms with Crippen LogP contribution in [0.1, 0.15) is 80.9 Å². The number of nitrogens with zero attached hydrogens (tertiary/aromatic N) is 2. The number of para-hydroxylation sites is 1. The number of fused-ring (bicyclic) bond motifs is 3. The molecule has 1 N–H and O–H groups in total. The van der Waals surface area contributed by atoms with Gasteiger partial charge in [-0.25, -0.2) is 14.4 Å². The first-order valence-electron chi connectivity index (χ1n) is 16.5. The van der Waals surface area contributed by atoms with Gasteiger partial charge < -0.3 is 19.2 Å². The van der Waals surface area contributed by atoms with Crippen molar-refractivity contribution < 1.29 is 28.6 Å². The number of carbonyl (C=O) groups is 3. The zero-order chi connectivity index (χ0) is 33.0. The van der Waals surface area contributed by atoms with Gasteiger partial charge in [0.05, 0.1) is 12.6 Å². The van der Waals surface area contributed by atoms with Crippen molar-refractivity contribution in [2.75, 3.05) is 13.1 Å². The third-order valence-corrected chi connectivity index (χ3v) is 8.83. The third-order valence-electron chi connectivity index (χ3n) is 8.83. The summed E-state index contributed by atoms with van der Waals surface area (Å²) < 4.78 is 17.8. The maximum absolute atomic E-state index is 14.2. The fourth-order valence-corrected chi connectivity index (χ4v) is 6.63. The minimum Gasteiger partial charge on any atom is -0.461 e. The molecule has 0 bridgehead atoms. The number of benzene rings is 3. The molecule has 2 amide bonds. The van der Waals surface area contributed by atoms with Gasteiger partial charge in [-0.1, -0.05) is 78.9 Å². The fourth-order valence-electron chi connectivity index (χ4n) is 6.63. The second kappa shape index (κ2) is 13.9. The number of rotatable bonds is 8. The van der Waals surface area contributed by atoms with E-state index in [1.165, 1.54) is 4.90 Å². The SMILES string of the molecule is CC(C)(C)OC(=O)N(CC1c2[nH]c3ccccc3c2CCN1C(=O)OCc1ccccc1)[C@H](C(=O)OC1CCCC1)c1ccccc1. The van der Waals surface area contributed by atoms with Crippen LogP contribution in [0, 0.1) is 0 Å². The van der Waals surface area contributed by atoms with Crippen molar-refractivity contribution in [3.8, 4) is 0 Å². The lowest BCUT2D eigenvalue weighted by Gasteiger charge is -2.40. The quantitative estimate of drug-likeness (QED) is 0.156. The van der Waals surface area contributed by atoms with Crippen LogP contribution < -0.4 is 0 Å². The molecule has 2 atom stereocenters. The van der Waals surface area contributed by atoms with E-state index in [1.54, 1.807) is 25.7 Å². The van der Waals surface area contributed by atoms with Crippen molar-refractivity contribution in [1.29, 1.82) is 0 Å². The molecular weight excluding hydrogens is 594 g/mol. The summed E-state index contributed by atoms with van der Waals surface area (Å²) in [6.07, 6.45) is 2.81. The molecule has 2 aliphatic rings. The summed E-state index contributed by atoms with van der Waals surface area (Å²) in [4.78, 5) is 48.8. The van der Waals surface area contributed by atoms with Gasteiger partial charge in [-0.2, -0.15) is 0 Å². The Morgan fingerprint density at radius 3 is 2.28 bits per heavy atom. The Labute approximate surface area is 275 Å². The van der Waals surface area contributed by atoms with Crippen LogP contribution in [0.4, 0.5) is 9.59 Å². The van der Waals surface area contributed by atoms with Crippen molar-refractivity contribution in [2.24, 2.45) is 0 Å². The molecule has 1 saturated carbocycles. The summed E-state index contributed by atoms with van der Waals surface area (Å²) in [6.45, 7) is 5.83. The van der Waals surface area contributed by atoms with Gasteiger partial charge in [-0.3, -0.25) is 9.80 Å². The minimum atomic E-state index is -1.09. The van der Waals surface area contributed by atoms with Gasteiger partial charge in [-0.05, 0) is 75.6 Å². The monoisotopic (exact) mass is 637 g/mol. The standard InChI is InChI=1S/C38H43N3O6/c1-38(2,3)47-37(44)41(34(27-16-8-5-9-17-27)35(42)46-28-18-10-11-19-28)24-32-33-30(29-20-12-13-21-31(29)39-33)22-23-40(32)36(43)45-25-26-14-6-4-7-15-26/h4-9,12-17,20-21,28,32,34,39H,10-11,18-19,22-25H2,1-3H3/t32?,34-/m0/s1. The number of aromatic nitrogens is 1. The van der Waals surface area contributed by atoms with Crippen LogP contribution in [-0.4, -0.2) is 57.7 Å². The largest absolute Gasteiger partial charge is 0.461 e. The Kier molecular flexibility index (Phi) is 9.52. The van der Waals surface area contributed by atoms with E-state index in [2.05, 4.69) is 11.1 Å². The van der Waals surface area contributed by atoms with Gasteiger partial charge in [0, 0.05) is 23.1 Å². The lowest BCUT2D eigenvalue weighted by atomic mass is 9.96. The molecular formula is C38H43N3O6. The second-order valence-corrected chi connectivity index (χ2v) is 13.4. The number of ether oxygens (including phenoxy) is 3. The van der Waals surface area contributed by atoms with Crippen molar-refractivity contribution in [1.82, 2.24) is 14.8 Å². The number of H-pyrrole nitrogens is 1. The molecule has 0 radical (unpaired) electrons. The average Bonchev–Trinajstić information content (AvgIpc) is 3.71. The Bertz CT molecular complexity index is 1690. The van der Waals surface area contributed by atoms with Crippen LogP contribution in [0.15, 0.2) is 84.9 Å². The van der Waals surface area contributed by atoms with Gasteiger partial charge in [0.2, 0.25) is 0 Å². The minimum absolute atomic E-state index is 0.0332. The van der Waals surface area contributed by atoms with Crippen molar-refractivity contribution in [3.63, 3.8) is 0 Å². The highest BCUT2D eigenvalue weighted by Gasteiger charge is 2.42. The van der Waals surface area contributed by atoms with E-state index in [0.29, 0.717) is 18.5 Å². The molecule has 9 nitrogen and oxygen atoms in total. The summed E-state index contributed by atoms with van der Waals surface area (Å²) in [5, 5.41) is 1.06. The van der Waals surface area contributed by atoms with Crippen LogP contribution in [0.5, 0.6) is 0 Å². The summed E-state index contributed by atoms with van der Waals surface area (Å²) in [7, 11) is 0. The maximum atomic E-state index is 14.2. The van der Waals surface area contributed by atoms with E-state index in [-0.39, 0.29) is 19.3 Å². The summed E-state index contributed by atoms with van der Waals surface area (Å²) in [5.41, 5.74) is 3.46. The first kappa shape index (κ1) is 32.2. The lowest BCUT2D eigenvalue weighted by molar-refractivity contribution is -0.155. The molecule has 1 aliphatic carbocycles. The van der Waals surface area contributed by atoms with E-state index in [0.717, 1.165) is 53.4 Å². The molecule has 4 aromatic rings. The zero-order valence-corrected chi connectivity index (χ0v) is 27.3. The maximum Gasteiger partial charge on any atom is 0.411 e. The number of hydrogen-bond donors (Lipinski definition) is 1. The predicted molar refractivity (Wildman–Crippen MR) is 179 cm³/mol. The molecule has 47 heavy (non-hydrogen) atoms. The topological polar surface area (TPSA) is 101 Å². The number of nitrogens with one attached hydrogen (secondary N) is 1. The van der Waals surface area contributed by atoms with Crippen LogP contribution >= 0.6 is 0 Å². The van der Waals surface area contributed by atoms with Gasteiger partial charge in [0.1, 0.15) is 18.3 Å². The van der Waals surface area contributed by atoms with E-state index in [1.807, 2.05) is 78.9 Å². The molecule has 1 unspecified atom stereocenters. The first-order chi connectivity index (χ1) is 22.7. The zero-order valence-electron chi connectivity index (χ0n) is 27.3. The Morgan fingerprint density at radius 1 is 0.915 bits per heavy atom. The normalized spacial score (nSPS) is 17.2. The van der Waals surface area contributed by atoms with Crippen molar-refractivity contribution >= 4 is 29.1 Å². The number of carbonyl (C=O) groups excluding carboxylic acids is 3. The highest BCUT2D eigenvalue weighted by atomic mass is 16.6. The molecule has 0 spiro atoms. The molecule has 0 saturated heterocycles. The second-order valence-electron chi connectivity index (χ2n) is 13.4. The molecule has 3 aromatic carbocycles. The smallest absolute Gasteiger partial charge is 0.411 e. The molecule has 9 heteroatoms. The van der Waals surface area contributed by atoms with E-state index in [4.69, 9.17) is 14.2 Å². The van der Waals surface area contributed by atoms with Crippen molar-refractivity contribution in [2.45, 2.75) is 83.3 Å². The van der Waals surface area contributed by atoms with Crippen LogP contribution in [0.3, 0.4) is 0 Å². The lowest BCUT2D eigenvalue weighted by Crippen LogP contribution is -2.50.